The summed E-state index contributed by atoms with van der Waals surface area (Å²) < 4.78 is 7.59. The highest BCUT2D eigenvalue weighted by Gasteiger charge is 2.18. The molecule has 0 aliphatic carbocycles. The van der Waals surface area contributed by atoms with Crippen LogP contribution in [-0.2, 0) is 11.3 Å². The average Bonchev–Trinajstić information content (AvgIpc) is 3.13. The molecule has 2 aromatic carbocycles. The first kappa shape index (κ1) is 26.9. The molecule has 0 bridgehead atoms. The Morgan fingerprint density at radius 1 is 0.974 bits per heavy atom. The average molecular weight is 514 g/mol. The maximum Gasteiger partial charge on any atom is 0.344 e. The predicted octanol–water partition coefficient (Wildman–Crippen LogP) is 6.17. The first-order valence-electron chi connectivity index (χ1n) is 12.9. The quantitative estimate of drug-likeness (QED) is 0.279. The van der Waals surface area contributed by atoms with E-state index in [-0.39, 0.29) is 17.8 Å². The first-order valence-corrected chi connectivity index (χ1v) is 12.9. The van der Waals surface area contributed by atoms with Crippen molar-refractivity contribution in [3.8, 4) is 5.88 Å². The van der Waals surface area contributed by atoms with Gasteiger partial charge in [-0.1, -0.05) is 44.2 Å². The standard InChI is InChI=1S/C31H35N3O4/c1-18(2)23-9-7-10-24(15-23)20(4)32-30(35)25-13-14-28-27(16-25)19(3)21(5)34(28)17-26-11-8-12-29(33-26)38-22(6)31(36)37/h7-16,18,20,22H,17H2,1-6H3,(H,32,35)(H,36,37). The minimum Gasteiger partial charge on any atom is -0.479 e. The number of amides is 1. The van der Waals surface area contributed by atoms with Crippen LogP contribution < -0.4 is 10.1 Å². The van der Waals surface area contributed by atoms with Crippen molar-refractivity contribution in [3.05, 3.63) is 94.3 Å². The fourth-order valence-corrected chi connectivity index (χ4v) is 4.55. The predicted molar refractivity (Wildman–Crippen MR) is 149 cm³/mol. The van der Waals surface area contributed by atoms with E-state index >= 15 is 0 Å². The van der Waals surface area contributed by atoms with Gasteiger partial charge in [-0.2, -0.15) is 0 Å². The van der Waals surface area contributed by atoms with E-state index in [1.807, 2.05) is 50.2 Å². The van der Waals surface area contributed by atoms with Crippen LogP contribution in [0.1, 0.15) is 78.1 Å². The Morgan fingerprint density at radius 2 is 1.68 bits per heavy atom. The summed E-state index contributed by atoms with van der Waals surface area (Å²) in [5.74, 6) is -0.458. The number of benzene rings is 2. The van der Waals surface area contributed by atoms with E-state index in [1.54, 1.807) is 12.1 Å². The third-order valence-electron chi connectivity index (χ3n) is 7.07. The number of carbonyl (C=O) groups is 2. The molecule has 1 amide bonds. The second-order valence-corrected chi connectivity index (χ2v) is 10.1. The van der Waals surface area contributed by atoms with Crippen LogP contribution in [0.2, 0.25) is 0 Å². The van der Waals surface area contributed by atoms with Gasteiger partial charge in [0.2, 0.25) is 5.88 Å². The summed E-state index contributed by atoms with van der Waals surface area (Å²) >= 11 is 0. The minimum atomic E-state index is -1.04. The molecule has 0 saturated carbocycles. The molecule has 2 unspecified atom stereocenters. The summed E-state index contributed by atoms with van der Waals surface area (Å²) in [7, 11) is 0. The normalized spacial score (nSPS) is 12.9. The zero-order valence-electron chi connectivity index (χ0n) is 22.8. The molecule has 7 nitrogen and oxygen atoms in total. The van der Waals surface area contributed by atoms with Gasteiger partial charge in [0.15, 0.2) is 6.10 Å². The lowest BCUT2D eigenvalue weighted by molar-refractivity contribution is -0.144. The Balaban J connectivity index is 1.56. The topological polar surface area (TPSA) is 93.4 Å². The SMILES string of the molecule is Cc1c(C)n(Cc2cccc(OC(C)C(=O)O)n2)c2ccc(C(=O)NC(C)c3cccc(C(C)C)c3)cc12. The lowest BCUT2D eigenvalue weighted by Gasteiger charge is -2.16. The van der Waals surface area contributed by atoms with Gasteiger partial charge in [0, 0.05) is 28.2 Å². The van der Waals surface area contributed by atoms with Gasteiger partial charge in [0.1, 0.15) is 0 Å². The number of pyridine rings is 1. The van der Waals surface area contributed by atoms with Crippen LogP contribution in [0, 0.1) is 13.8 Å². The highest BCUT2D eigenvalue weighted by molar-refractivity contribution is 5.99. The van der Waals surface area contributed by atoms with Gasteiger partial charge in [-0.25, -0.2) is 9.78 Å². The molecule has 0 spiro atoms. The van der Waals surface area contributed by atoms with Crippen LogP contribution in [0.25, 0.3) is 10.9 Å². The number of rotatable bonds is 9. The van der Waals surface area contributed by atoms with Crippen LogP contribution in [0.15, 0.2) is 60.7 Å². The Labute approximate surface area is 223 Å². The Kier molecular flexibility index (Phi) is 7.86. The molecule has 4 aromatic rings. The first-order chi connectivity index (χ1) is 18.0. The number of ether oxygens (including phenoxy) is 1. The number of carboxylic acids is 1. The maximum absolute atomic E-state index is 13.2. The fraction of sp³-hybridized carbons (Fsp3) is 0.323. The Bertz CT molecular complexity index is 1490. The van der Waals surface area contributed by atoms with Crippen LogP contribution in [0.5, 0.6) is 5.88 Å². The van der Waals surface area contributed by atoms with Crippen molar-refractivity contribution in [1.82, 2.24) is 14.9 Å². The van der Waals surface area contributed by atoms with E-state index in [0.29, 0.717) is 18.0 Å². The number of hydrogen-bond acceptors (Lipinski definition) is 4. The number of nitrogens with one attached hydrogen (secondary N) is 1. The summed E-state index contributed by atoms with van der Waals surface area (Å²) in [6, 6.07) is 19.4. The highest BCUT2D eigenvalue weighted by Crippen LogP contribution is 2.28. The fourth-order valence-electron chi connectivity index (χ4n) is 4.55. The molecular formula is C31H35N3O4. The molecule has 0 fully saturated rings. The summed E-state index contributed by atoms with van der Waals surface area (Å²) in [4.78, 5) is 28.8. The van der Waals surface area contributed by atoms with Crippen molar-refractivity contribution in [3.63, 3.8) is 0 Å². The second-order valence-electron chi connectivity index (χ2n) is 10.1. The molecule has 0 saturated heterocycles. The van der Waals surface area contributed by atoms with E-state index in [1.165, 1.54) is 12.5 Å². The Hall–Kier alpha value is -4.13. The van der Waals surface area contributed by atoms with Crippen LogP contribution in [0.4, 0.5) is 0 Å². The number of carbonyl (C=O) groups excluding carboxylic acids is 1. The molecule has 4 rings (SSSR count). The van der Waals surface area contributed by atoms with Gasteiger partial charge in [0.05, 0.1) is 18.3 Å². The smallest absolute Gasteiger partial charge is 0.344 e. The molecule has 2 N–H and O–H groups in total. The summed E-state index contributed by atoms with van der Waals surface area (Å²) in [5, 5.41) is 13.3. The maximum atomic E-state index is 13.2. The zero-order chi connectivity index (χ0) is 27.6. The molecule has 0 radical (unpaired) electrons. The molecule has 2 atom stereocenters. The van der Waals surface area contributed by atoms with E-state index in [0.717, 1.165) is 33.4 Å². The molecular weight excluding hydrogens is 478 g/mol. The van der Waals surface area contributed by atoms with E-state index in [2.05, 4.69) is 47.8 Å². The number of aryl methyl sites for hydroxylation is 1. The van der Waals surface area contributed by atoms with Crippen LogP contribution in [0.3, 0.4) is 0 Å². The van der Waals surface area contributed by atoms with Gasteiger partial charge in [-0.05, 0) is 74.6 Å². The van der Waals surface area contributed by atoms with Crippen LogP contribution >= 0.6 is 0 Å². The lowest BCUT2D eigenvalue weighted by Crippen LogP contribution is -2.26. The molecule has 198 valence electrons. The molecule has 0 aliphatic rings. The number of aliphatic carboxylic acids is 1. The number of hydrogen-bond donors (Lipinski definition) is 2. The number of fused-ring (bicyclic) bond motifs is 1. The highest BCUT2D eigenvalue weighted by atomic mass is 16.5. The van der Waals surface area contributed by atoms with E-state index in [9.17, 15) is 9.59 Å². The monoisotopic (exact) mass is 513 g/mol. The van der Waals surface area contributed by atoms with E-state index < -0.39 is 12.1 Å². The summed E-state index contributed by atoms with van der Waals surface area (Å²) in [6.07, 6.45) is -0.986. The summed E-state index contributed by atoms with van der Waals surface area (Å²) in [6.45, 7) is 12.4. The van der Waals surface area contributed by atoms with Crippen molar-refractivity contribution < 1.29 is 19.4 Å². The van der Waals surface area contributed by atoms with Gasteiger partial charge in [0.25, 0.3) is 5.91 Å². The van der Waals surface area contributed by atoms with Crippen molar-refractivity contribution in [2.24, 2.45) is 0 Å². The lowest BCUT2D eigenvalue weighted by atomic mass is 9.98. The largest absolute Gasteiger partial charge is 0.479 e. The zero-order valence-corrected chi connectivity index (χ0v) is 22.8. The van der Waals surface area contributed by atoms with Crippen molar-refractivity contribution >= 4 is 22.8 Å². The van der Waals surface area contributed by atoms with Gasteiger partial charge < -0.3 is 19.7 Å². The molecule has 0 aliphatic heterocycles. The van der Waals surface area contributed by atoms with Gasteiger partial charge in [-0.15, -0.1) is 0 Å². The number of nitrogens with zero attached hydrogens (tertiary/aromatic N) is 2. The second kappa shape index (κ2) is 11.1. The van der Waals surface area contributed by atoms with Crippen molar-refractivity contribution in [2.45, 2.75) is 66.2 Å². The van der Waals surface area contributed by atoms with Crippen molar-refractivity contribution in [1.29, 1.82) is 0 Å². The van der Waals surface area contributed by atoms with Gasteiger partial charge in [-0.3, -0.25) is 4.79 Å². The summed E-state index contributed by atoms with van der Waals surface area (Å²) in [5.41, 5.74) is 6.87. The molecule has 7 heteroatoms. The third-order valence-corrected chi connectivity index (χ3v) is 7.07. The number of carboxylic acid groups (broad SMARTS) is 1. The van der Waals surface area contributed by atoms with E-state index in [4.69, 9.17) is 9.84 Å². The number of aromatic nitrogens is 2. The Morgan fingerprint density at radius 3 is 2.39 bits per heavy atom. The third kappa shape index (κ3) is 5.72. The van der Waals surface area contributed by atoms with Gasteiger partial charge >= 0.3 is 5.97 Å². The molecule has 2 aromatic heterocycles. The van der Waals surface area contributed by atoms with Crippen LogP contribution in [-0.4, -0.2) is 32.6 Å². The van der Waals surface area contributed by atoms with Crippen molar-refractivity contribution in [2.75, 3.05) is 0 Å². The molecule has 38 heavy (non-hydrogen) atoms. The molecule has 2 heterocycles. The minimum absolute atomic E-state index is 0.113.